The molecule has 0 aliphatic heterocycles. The van der Waals surface area contributed by atoms with Crippen LogP contribution in [0.5, 0.6) is 0 Å². The maximum atomic E-state index is 9.99. The molecule has 0 aromatic rings. The van der Waals surface area contributed by atoms with Gasteiger partial charge in [0, 0.05) is 6.42 Å². The summed E-state index contributed by atoms with van der Waals surface area (Å²) in [6.07, 6.45) is -0.224. The van der Waals surface area contributed by atoms with E-state index >= 15 is 0 Å². The van der Waals surface area contributed by atoms with Gasteiger partial charge in [-0.25, -0.2) is 0 Å². The van der Waals surface area contributed by atoms with Gasteiger partial charge in [-0.05, 0) is 20.3 Å². The van der Waals surface area contributed by atoms with Crippen LogP contribution in [0.3, 0.4) is 0 Å². The maximum absolute atomic E-state index is 9.99. The monoisotopic (exact) mass is 205 g/mol. The van der Waals surface area contributed by atoms with E-state index in [1.165, 1.54) is 13.8 Å². The molecule has 6 heteroatoms. The van der Waals surface area contributed by atoms with E-state index in [0.717, 1.165) is 0 Å². The van der Waals surface area contributed by atoms with Crippen LogP contribution in [0.4, 0.5) is 0 Å². The van der Waals surface area contributed by atoms with Crippen molar-refractivity contribution in [1.82, 2.24) is 0 Å². The fourth-order valence-corrected chi connectivity index (χ4v) is 0.402. The van der Waals surface area contributed by atoms with Gasteiger partial charge in [-0.3, -0.25) is 9.59 Å². The zero-order valence-electron chi connectivity index (χ0n) is 8.19. The van der Waals surface area contributed by atoms with Crippen molar-refractivity contribution in [2.45, 2.75) is 32.7 Å². The van der Waals surface area contributed by atoms with Crippen molar-refractivity contribution in [3.63, 3.8) is 0 Å². The summed E-state index contributed by atoms with van der Waals surface area (Å²) in [4.78, 5) is 29.3. The Morgan fingerprint density at radius 1 is 1.21 bits per heavy atom. The average Bonchev–Trinajstić information content (AvgIpc) is 1.98. The Bertz CT molecular complexity index is 210. The molecular formula is C8H15NO5. The first-order valence-electron chi connectivity index (χ1n) is 3.94. The van der Waals surface area contributed by atoms with E-state index in [1.807, 2.05) is 0 Å². The van der Waals surface area contributed by atoms with E-state index in [2.05, 4.69) is 0 Å². The number of carbonyl (C=O) groups excluding carboxylic acids is 1. The van der Waals surface area contributed by atoms with Crippen LogP contribution in [-0.2, 0) is 14.4 Å². The van der Waals surface area contributed by atoms with Gasteiger partial charge < -0.3 is 20.7 Å². The molecule has 0 heterocycles. The molecule has 0 amide bonds. The fraction of sp³-hybridized carbons (Fsp3) is 0.625. The Labute approximate surface area is 81.7 Å². The van der Waals surface area contributed by atoms with E-state index in [1.54, 1.807) is 0 Å². The van der Waals surface area contributed by atoms with Crippen LogP contribution < -0.4 is 5.73 Å². The third kappa shape index (κ3) is 16.9. The average molecular weight is 205 g/mol. The molecule has 1 unspecified atom stereocenters. The molecule has 0 aliphatic rings. The minimum atomic E-state index is -1.17. The molecular weight excluding hydrogens is 190 g/mol. The number of nitrogens with two attached hydrogens (primary N) is 1. The van der Waals surface area contributed by atoms with E-state index in [-0.39, 0.29) is 18.6 Å². The van der Waals surface area contributed by atoms with Crippen molar-refractivity contribution >= 4 is 17.7 Å². The van der Waals surface area contributed by atoms with Gasteiger partial charge in [-0.15, -0.1) is 0 Å². The predicted molar refractivity (Wildman–Crippen MR) is 48.8 cm³/mol. The molecule has 0 bridgehead atoms. The first-order valence-corrected chi connectivity index (χ1v) is 3.94. The number of rotatable bonds is 4. The quantitative estimate of drug-likeness (QED) is 0.587. The largest absolute Gasteiger partial charge is 0.481 e. The van der Waals surface area contributed by atoms with Crippen molar-refractivity contribution in [1.29, 1.82) is 0 Å². The SMILES string of the molecule is CC(C)=O.NC(CCC(=O)O)C(=O)O. The topological polar surface area (TPSA) is 118 Å². The highest BCUT2D eigenvalue weighted by molar-refractivity contribution is 5.74. The lowest BCUT2D eigenvalue weighted by Gasteiger charge is -2.01. The second kappa shape index (κ2) is 8.18. The Hall–Kier alpha value is -1.43. The molecule has 0 spiro atoms. The van der Waals surface area contributed by atoms with Crippen LogP contribution in [0.15, 0.2) is 0 Å². The fourth-order valence-electron chi connectivity index (χ4n) is 0.402. The molecule has 0 aromatic heterocycles. The molecule has 1 atom stereocenters. The lowest BCUT2D eigenvalue weighted by Crippen LogP contribution is -2.30. The minimum absolute atomic E-state index is 0.0231. The Balaban J connectivity index is 0. The van der Waals surface area contributed by atoms with Crippen molar-refractivity contribution in [2.24, 2.45) is 5.73 Å². The highest BCUT2D eigenvalue weighted by atomic mass is 16.4. The summed E-state index contributed by atoms with van der Waals surface area (Å²) in [5, 5.41) is 16.3. The summed E-state index contributed by atoms with van der Waals surface area (Å²) in [7, 11) is 0. The van der Waals surface area contributed by atoms with Crippen LogP contribution in [0.1, 0.15) is 26.7 Å². The Kier molecular flexibility index (Phi) is 8.80. The highest BCUT2D eigenvalue weighted by Crippen LogP contribution is 1.93. The number of carboxylic acid groups (broad SMARTS) is 2. The van der Waals surface area contributed by atoms with Crippen LogP contribution in [-0.4, -0.2) is 34.0 Å². The second-order valence-corrected chi connectivity index (χ2v) is 2.79. The van der Waals surface area contributed by atoms with Crippen molar-refractivity contribution in [3.05, 3.63) is 0 Å². The van der Waals surface area contributed by atoms with E-state index in [0.29, 0.717) is 0 Å². The number of ketones is 1. The maximum Gasteiger partial charge on any atom is 0.320 e. The summed E-state index contributed by atoms with van der Waals surface area (Å²) in [6, 6.07) is -1.06. The molecule has 14 heavy (non-hydrogen) atoms. The second-order valence-electron chi connectivity index (χ2n) is 2.79. The normalized spacial score (nSPS) is 10.8. The predicted octanol–water partition coefficient (Wildman–Crippen LogP) is -0.142. The Morgan fingerprint density at radius 2 is 1.57 bits per heavy atom. The summed E-state index contributed by atoms with van der Waals surface area (Å²) in [5.41, 5.74) is 5.00. The number of aliphatic carboxylic acids is 2. The summed E-state index contributed by atoms with van der Waals surface area (Å²) in [6.45, 7) is 3.06. The Morgan fingerprint density at radius 3 is 1.79 bits per heavy atom. The molecule has 0 radical (unpaired) electrons. The molecule has 82 valence electrons. The first kappa shape index (κ1) is 15.1. The molecule has 4 N–H and O–H groups in total. The third-order valence-electron chi connectivity index (χ3n) is 0.986. The third-order valence-corrected chi connectivity index (χ3v) is 0.986. The molecule has 0 aromatic carbocycles. The smallest absolute Gasteiger partial charge is 0.320 e. The molecule has 0 aliphatic carbocycles. The molecule has 6 nitrogen and oxygen atoms in total. The number of Topliss-reactive ketones (excluding diaryl/α,β-unsaturated/α-hetero) is 1. The van der Waals surface area contributed by atoms with Gasteiger partial charge in [-0.1, -0.05) is 0 Å². The van der Waals surface area contributed by atoms with Gasteiger partial charge in [0.1, 0.15) is 11.8 Å². The summed E-state index contributed by atoms with van der Waals surface area (Å²) in [5.74, 6) is -2.03. The zero-order chi connectivity index (χ0) is 11.7. The van der Waals surface area contributed by atoms with Gasteiger partial charge in [-0.2, -0.15) is 0 Å². The molecule has 0 rings (SSSR count). The number of carbonyl (C=O) groups is 3. The summed E-state index contributed by atoms with van der Waals surface area (Å²) < 4.78 is 0. The van der Waals surface area contributed by atoms with Gasteiger partial charge >= 0.3 is 11.9 Å². The van der Waals surface area contributed by atoms with Gasteiger partial charge in [0.15, 0.2) is 0 Å². The number of carboxylic acids is 2. The molecule has 0 fully saturated rings. The van der Waals surface area contributed by atoms with E-state index < -0.39 is 18.0 Å². The van der Waals surface area contributed by atoms with E-state index in [9.17, 15) is 14.4 Å². The van der Waals surface area contributed by atoms with Crippen molar-refractivity contribution in [3.8, 4) is 0 Å². The van der Waals surface area contributed by atoms with Crippen LogP contribution in [0.2, 0.25) is 0 Å². The van der Waals surface area contributed by atoms with Gasteiger partial charge in [0.25, 0.3) is 0 Å². The summed E-state index contributed by atoms with van der Waals surface area (Å²) >= 11 is 0. The number of hydrogen-bond donors (Lipinski definition) is 3. The van der Waals surface area contributed by atoms with Crippen LogP contribution in [0, 0.1) is 0 Å². The minimum Gasteiger partial charge on any atom is -0.481 e. The molecule has 0 saturated carbocycles. The zero-order valence-corrected chi connectivity index (χ0v) is 8.19. The van der Waals surface area contributed by atoms with E-state index in [4.69, 9.17) is 15.9 Å². The van der Waals surface area contributed by atoms with Gasteiger partial charge in [0.2, 0.25) is 0 Å². The van der Waals surface area contributed by atoms with Gasteiger partial charge in [0.05, 0.1) is 0 Å². The standard InChI is InChI=1S/C5H9NO4.C3H6O/c6-3(5(9)10)1-2-4(7)8;1-3(2)4/h3H,1-2,6H2,(H,7,8)(H,9,10);1-2H3. The lowest BCUT2D eigenvalue weighted by atomic mass is 10.2. The molecule has 0 saturated heterocycles. The number of hydrogen-bond acceptors (Lipinski definition) is 4. The van der Waals surface area contributed by atoms with Crippen LogP contribution >= 0.6 is 0 Å². The van der Waals surface area contributed by atoms with Crippen LogP contribution in [0.25, 0.3) is 0 Å². The lowest BCUT2D eigenvalue weighted by molar-refractivity contribution is -0.139. The highest BCUT2D eigenvalue weighted by Gasteiger charge is 2.12. The van der Waals surface area contributed by atoms with Crippen molar-refractivity contribution in [2.75, 3.05) is 0 Å². The first-order chi connectivity index (χ1) is 6.27. The van der Waals surface area contributed by atoms with Crippen molar-refractivity contribution < 1.29 is 24.6 Å².